The summed E-state index contributed by atoms with van der Waals surface area (Å²) in [6, 6.07) is 12.6. The summed E-state index contributed by atoms with van der Waals surface area (Å²) in [6.45, 7) is 6.92. The molecular formula is C23H27N5O3. The summed E-state index contributed by atoms with van der Waals surface area (Å²) >= 11 is 0. The van der Waals surface area contributed by atoms with E-state index >= 15 is 0 Å². The van der Waals surface area contributed by atoms with Crippen molar-refractivity contribution in [1.29, 1.82) is 0 Å². The Balaban J connectivity index is 1.58. The molecule has 2 amide bonds. The van der Waals surface area contributed by atoms with Crippen molar-refractivity contribution in [1.82, 2.24) is 25.3 Å². The van der Waals surface area contributed by atoms with E-state index in [2.05, 4.69) is 15.7 Å². The Bertz CT molecular complexity index is 1060. The minimum Gasteiger partial charge on any atom is -0.467 e. The van der Waals surface area contributed by atoms with Gasteiger partial charge in [-0.15, -0.1) is 0 Å². The lowest BCUT2D eigenvalue weighted by Crippen LogP contribution is -2.53. The number of carbonyl (C=O) groups excluding carboxylic acids is 2. The van der Waals surface area contributed by atoms with Crippen LogP contribution in [0.25, 0.3) is 5.69 Å². The second-order valence-electron chi connectivity index (χ2n) is 7.80. The number of benzene rings is 1. The second kappa shape index (κ2) is 8.77. The number of carbonyl (C=O) groups is 2. The highest BCUT2D eigenvalue weighted by molar-refractivity contribution is 5.86. The third-order valence-electron chi connectivity index (χ3n) is 5.63. The molecule has 8 heteroatoms. The van der Waals surface area contributed by atoms with Crippen LogP contribution in [0.5, 0.6) is 0 Å². The molecule has 1 saturated heterocycles. The number of hydrogen-bond acceptors (Lipinski definition) is 5. The van der Waals surface area contributed by atoms with E-state index in [0.29, 0.717) is 18.8 Å². The molecule has 162 valence electrons. The Hall–Kier alpha value is -3.39. The maximum absolute atomic E-state index is 12.9. The normalized spacial score (nSPS) is 17.9. The molecule has 0 bridgehead atoms. The zero-order valence-electron chi connectivity index (χ0n) is 18.0. The highest BCUT2D eigenvalue weighted by Gasteiger charge is 2.36. The highest BCUT2D eigenvalue weighted by atomic mass is 16.3. The van der Waals surface area contributed by atoms with Gasteiger partial charge in [-0.05, 0) is 45.0 Å². The fourth-order valence-corrected chi connectivity index (χ4v) is 4.15. The van der Waals surface area contributed by atoms with Gasteiger partial charge in [0.15, 0.2) is 0 Å². The van der Waals surface area contributed by atoms with E-state index in [1.165, 1.54) is 0 Å². The number of aromatic nitrogens is 2. The van der Waals surface area contributed by atoms with E-state index in [-0.39, 0.29) is 24.4 Å². The van der Waals surface area contributed by atoms with E-state index < -0.39 is 6.04 Å². The van der Waals surface area contributed by atoms with E-state index in [1.54, 1.807) is 12.3 Å². The molecule has 1 aromatic carbocycles. The Morgan fingerprint density at radius 2 is 2.03 bits per heavy atom. The van der Waals surface area contributed by atoms with Crippen LogP contribution >= 0.6 is 0 Å². The van der Waals surface area contributed by atoms with Crippen molar-refractivity contribution in [2.75, 3.05) is 19.6 Å². The third kappa shape index (κ3) is 4.25. The number of amides is 2. The van der Waals surface area contributed by atoms with Crippen molar-refractivity contribution in [3.05, 3.63) is 71.4 Å². The molecule has 2 atom stereocenters. The van der Waals surface area contributed by atoms with Crippen LogP contribution in [0.1, 0.15) is 41.7 Å². The number of rotatable bonds is 6. The summed E-state index contributed by atoms with van der Waals surface area (Å²) in [5.41, 5.74) is 3.44. The van der Waals surface area contributed by atoms with Crippen LogP contribution in [0.4, 0.5) is 0 Å². The van der Waals surface area contributed by atoms with E-state index in [1.807, 2.05) is 66.8 Å². The van der Waals surface area contributed by atoms with Gasteiger partial charge in [0.05, 0.1) is 30.2 Å². The molecule has 0 spiro atoms. The van der Waals surface area contributed by atoms with Crippen molar-refractivity contribution in [3.63, 3.8) is 0 Å². The molecule has 1 aliphatic heterocycles. The average molecular weight is 422 g/mol. The molecule has 0 unspecified atom stereocenters. The summed E-state index contributed by atoms with van der Waals surface area (Å²) in [5.74, 6) is 0.420. The quantitative estimate of drug-likeness (QED) is 0.638. The van der Waals surface area contributed by atoms with Gasteiger partial charge in [-0.1, -0.05) is 18.2 Å². The zero-order valence-corrected chi connectivity index (χ0v) is 18.0. The van der Waals surface area contributed by atoms with Crippen molar-refractivity contribution in [3.8, 4) is 5.69 Å². The SMILES string of the molecule is Cc1nn(-c2ccccc2)c(C)c1[C@@H]1C(=O)NCCN1CC(=O)N[C@H](C)c1ccco1. The predicted octanol–water partition coefficient (Wildman–Crippen LogP) is 2.43. The van der Waals surface area contributed by atoms with Crippen LogP contribution in [0.3, 0.4) is 0 Å². The Labute approximate surface area is 181 Å². The van der Waals surface area contributed by atoms with Crippen LogP contribution in [0.15, 0.2) is 53.1 Å². The first-order valence-corrected chi connectivity index (χ1v) is 10.4. The summed E-state index contributed by atoms with van der Waals surface area (Å²) in [5, 5.41) is 10.6. The lowest BCUT2D eigenvalue weighted by Gasteiger charge is -2.35. The maximum atomic E-state index is 12.9. The number of piperazine rings is 1. The highest BCUT2D eigenvalue weighted by Crippen LogP contribution is 2.30. The molecule has 3 heterocycles. The van der Waals surface area contributed by atoms with Gasteiger partial charge in [0, 0.05) is 24.3 Å². The number of para-hydroxylation sites is 1. The second-order valence-corrected chi connectivity index (χ2v) is 7.80. The maximum Gasteiger partial charge on any atom is 0.242 e. The standard InChI is InChI=1S/C23H27N5O3/c1-15(19-10-7-13-31-19)25-20(29)14-27-12-11-24-23(30)22(27)21-16(2)26-28(17(21)3)18-8-5-4-6-9-18/h4-10,13,15,22H,11-12,14H2,1-3H3,(H,24,30)(H,25,29)/t15-,22-/m1/s1. The average Bonchev–Trinajstić information content (AvgIpc) is 3.38. The zero-order chi connectivity index (χ0) is 22.0. The summed E-state index contributed by atoms with van der Waals surface area (Å²) in [6.07, 6.45) is 1.58. The Kier molecular flexibility index (Phi) is 5.90. The first-order chi connectivity index (χ1) is 15.0. The molecule has 0 radical (unpaired) electrons. The van der Waals surface area contributed by atoms with Crippen molar-refractivity contribution in [2.45, 2.75) is 32.9 Å². The van der Waals surface area contributed by atoms with Gasteiger partial charge >= 0.3 is 0 Å². The monoisotopic (exact) mass is 421 g/mol. The lowest BCUT2D eigenvalue weighted by molar-refractivity contribution is -0.132. The number of nitrogens with one attached hydrogen (secondary N) is 2. The van der Waals surface area contributed by atoms with E-state index in [9.17, 15) is 9.59 Å². The van der Waals surface area contributed by atoms with Crippen molar-refractivity contribution < 1.29 is 14.0 Å². The molecule has 1 fully saturated rings. The topological polar surface area (TPSA) is 92.4 Å². The third-order valence-corrected chi connectivity index (χ3v) is 5.63. The molecule has 8 nitrogen and oxygen atoms in total. The predicted molar refractivity (Wildman–Crippen MR) is 116 cm³/mol. The van der Waals surface area contributed by atoms with Gasteiger partial charge < -0.3 is 15.1 Å². The number of nitrogens with zero attached hydrogens (tertiary/aromatic N) is 3. The van der Waals surface area contributed by atoms with Crippen molar-refractivity contribution in [2.24, 2.45) is 0 Å². The van der Waals surface area contributed by atoms with Crippen molar-refractivity contribution >= 4 is 11.8 Å². The van der Waals surface area contributed by atoms with Crippen LogP contribution in [-0.4, -0.2) is 46.1 Å². The summed E-state index contributed by atoms with van der Waals surface area (Å²) < 4.78 is 7.22. The molecule has 2 N–H and O–H groups in total. The summed E-state index contributed by atoms with van der Waals surface area (Å²) in [7, 11) is 0. The van der Waals surface area contributed by atoms with Gasteiger partial charge in [0.1, 0.15) is 11.8 Å². The number of aryl methyl sites for hydroxylation is 1. The van der Waals surface area contributed by atoms with E-state index in [4.69, 9.17) is 4.42 Å². The molecule has 0 saturated carbocycles. The molecule has 0 aliphatic carbocycles. The fourth-order valence-electron chi connectivity index (χ4n) is 4.15. The number of hydrogen-bond donors (Lipinski definition) is 2. The Morgan fingerprint density at radius 1 is 1.26 bits per heavy atom. The van der Waals surface area contributed by atoms with Crippen LogP contribution < -0.4 is 10.6 Å². The molecule has 3 aromatic rings. The fraction of sp³-hybridized carbons (Fsp3) is 0.348. The molecular weight excluding hydrogens is 394 g/mol. The van der Waals surface area contributed by atoms with E-state index in [0.717, 1.165) is 22.6 Å². The van der Waals surface area contributed by atoms with Gasteiger partial charge in [-0.3, -0.25) is 14.5 Å². The van der Waals surface area contributed by atoms with Gasteiger partial charge in [0.2, 0.25) is 11.8 Å². The van der Waals surface area contributed by atoms with Gasteiger partial charge in [0.25, 0.3) is 0 Å². The molecule has 31 heavy (non-hydrogen) atoms. The minimum absolute atomic E-state index is 0.110. The van der Waals surface area contributed by atoms with Crippen LogP contribution in [0.2, 0.25) is 0 Å². The minimum atomic E-state index is -0.573. The lowest BCUT2D eigenvalue weighted by atomic mass is 10.00. The molecule has 2 aromatic heterocycles. The van der Waals surface area contributed by atoms with Crippen LogP contribution in [-0.2, 0) is 9.59 Å². The van der Waals surface area contributed by atoms with Gasteiger partial charge in [-0.2, -0.15) is 5.10 Å². The first-order valence-electron chi connectivity index (χ1n) is 10.4. The van der Waals surface area contributed by atoms with Gasteiger partial charge in [-0.25, -0.2) is 4.68 Å². The summed E-state index contributed by atoms with van der Waals surface area (Å²) in [4.78, 5) is 27.6. The largest absolute Gasteiger partial charge is 0.467 e. The Morgan fingerprint density at radius 3 is 2.74 bits per heavy atom. The number of furan rings is 1. The smallest absolute Gasteiger partial charge is 0.242 e. The van der Waals surface area contributed by atoms with Crippen LogP contribution in [0, 0.1) is 13.8 Å². The first kappa shape index (κ1) is 20.9. The molecule has 4 rings (SSSR count). The molecule has 1 aliphatic rings.